The molecule has 11 heteroatoms. The molecule has 246 valence electrons. The summed E-state index contributed by atoms with van der Waals surface area (Å²) in [4.78, 5) is 44.0. The standard InChI is InChI=1S/C36H40FN5O5/c1-36(2,3)47-35(45)39-23-12-15-41(19-23)31-27(37)18-25-30-33(31)46-29-17-22-9-6-5-8-21(22)16-28(29)42(30)20-26(32(25)43)34(44)38-13-11-24-10-7-14-40(24)4/h5-6,8-9,16-18,20,23-24H,7,10-15,19H2,1-4H3,(H,38,44)(H,39,45). The number of halogens is 1. The van der Waals surface area contributed by atoms with Crippen LogP contribution in [0.1, 0.15) is 56.8 Å². The molecule has 2 atom stereocenters. The van der Waals surface area contributed by atoms with Crippen LogP contribution in [0.5, 0.6) is 11.5 Å². The number of aromatic nitrogens is 1. The van der Waals surface area contributed by atoms with Gasteiger partial charge in [0.15, 0.2) is 17.3 Å². The monoisotopic (exact) mass is 641 g/mol. The predicted molar refractivity (Wildman–Crippen MR) is 180 cm³/mol. The van der Waals surface area contributed by atoms with Crippen LogP contribution in [-0.2, 0) is 4.74 Å². The number of likely N-dealkylation sites (tertiary alicyclic amines) is 1. The highest BCUT2D eigenvalue weighted by Crippen LogP contribution is 2.48. The van der Waals surface area contributed by atoms with Gasteiger partial charge < -0.3 is 34.5 Å². The number of amides is 2. The molecule has 3 aromatic carbocycles. The highest BCUT2D eigenvalue weighted by Gasteiger charge is 2.34. The number of nitrogens with zero attached hydrogens (tertiary/aromatic N) is 3. The first kappa shape index (κ1) is 31.0. The lowest BCUT2D eigenvalue weighted by molar-refractivity contribution is 0.0508. The second kappa shape index (κ2) is 11.9. The molecular weight excluding hydrogens is 601 g/mol. The van der Waals surface area contributed by atoms with Crippen molar-refractivity contribution in [2.24, 2.45) is 0 Å². The first-order valence-electron chi connectivity index (χ1n) is 16.3. The van der Waals surface area contributed by atoms with E-state index < -0.39 is 28.8 Å². The first-order valence-corrected chi connectivity index (χ1v) is 16.3. The maximum Gasteiger partial charge on any atom is 0.407 e. The Morgan fingerprint density at radius 3 is 2.57 bits per heavy atom. The molecule has 2 amide bonds. The number of alkyl carbamates (subject to hydrolysis) is 1. The molecule has 2 unspecified atom stereocenters. The molecule has 0 radical (unpaired) electrons. The summed E-state index contributed by atoms with van der Waals surface area (Å²) in [7, 11) is 2.09. The average molecular weight is 642 g/mol. The van der Waals surface area contributed by atoms with E-state index >= 15 is 4.39 Å². The van der Waals surface area contributed by atoms with Crippen molar-refractivity contribution in [2.75, 3.05) is 38.1 Å². The summed E-state index contributed by atoms with van der Waals surface area (Å²) >= 11 is 0. The van der Waals surface area contributed by atoms with Crippen molar-refractivity contribution in [1.82, 2.24) is 20.1 Å². The molecule has 4 aromatic rings. The van der Waals surface area contributed by atoms with E-state index in [0.717, 1.165) is 36.6 Å². The summed E-state index contributed by atoms with van der Waals surface area (Å²) in [5.74, 6) is -0.447. The van der Waals surface area contributed by atoms with Crippen LogP contribution in [0.4, 0.5) is 14.9 Å². The Morgan fingerprint density at radius 2 is 1.85 bits per heavy atom. The van der Waals surface area contributed by atoms with Crippen LogP contribution in [0, 0.1) is 5.82 Å². The molecule has 0 aliphatic carbocycles. The number of benzene rings is 3. The third-order valence-corrected chi connectivity index (χ3v) is 9.37. The number of ether oxygens (including phenoxy) is 2. The lowest BCUT2D eigenvalue weighted by Gasteiger charge is -2.29. The van der Waals surface area contributed by atoms with Gasteiger partial charge in [0, 0.05) is 31.9 Å². The third-order valence-electron chi connectivity index (χ3n) is 9.37. The van der Waals surface area contributed by atoms with Gasteiger partial charge in [0.25, 0.3) is 5.91 Å². The lowest BCUT2D eigenvalue weighted by Crippen LogP contribution is -2.40. The van der Waals surface area contributed by atoms with E-state index in [4.69, 9.17) is 9.47 Å². The summed E-state index contributed by atoms with van der Waals surface area (Å²) < 4.78 is 30.0. The second-order valence-electron chi connectivity index (χ2n) is 13.8. The van der Waals surface area contributed by atoms with Gasteiger partial charge in [-0.25, -0.2) is 9.18 Å². The Balaban J connectivity index is 1.28. The first-order chi connectivity index (χ1) is 22.5. The Hall–Kier alpha value is -4.64. The van der Waals surface area contributed by atoms with E-state index in [1.807, 2.05) is 41.3 Å². The normalized spacial score (nSPS) is 19.1. The Kier molecular flexibility index (Phi) is 7.82. The van der Waals surface area contributed by atoms with Gasteiger partial charge >= 0.3 is 6.09 Å². The van der Waals surface area contributed by atoms with Crippen molar-refractivity contribution in [3.8, 4) is 17.2 Å². The average Bonchev–Trinajstić information content (AvgIpc) is 3.64. The highest BCUT2D eigenvalue weighted by molar-refractivity contribution is 6.02. The fourth-order valence-electron chi connectivity index (χ4n) is 7.09. The van der Waals surface area contributed by atoms with Gasteiger partial charge in [-0.1, -0.05) is 24.3 Å². The number of carbonyl (C=O) groups excluding carboxylic acids is 2. The minimum absolute atomic E-state index is 0.0563. The number of nitrogens with one attached hydrogen (secondary N) is 2. The maximum atomic E-state index is 16.3. The van der Waals surface area contributed by atoms with E-state index in [0.29, 0.717) is 49.1 Å². The summed E-state index contributed by atoms with van der Waals surface area (Å²) in [6, 6.07) is 13.0. The molecule has 1 aromatic heterocycles. The zero-order valence-electron chi connectivity index (χ0n) is 27.2. The summed E-state index contributed by atoms with van der Waals surface area (Å²) in [6.45, 7) is 7.63. The fourth-order valence-corrected chi connectivity index (χ4v) is 7.09. The number of hydrogen-bond acceptors (Lipinski definition) is 7. The minimum Gasteiger partial charge on any atom is -0.451 e. The van der Waals surface area contributed by atoms with Crippen LogP contribution in [0.25, 0.3) is 27.4 Å². The van der Waals surface area contributed by atoms with E-state index in [-0.39, 0.29) is 28.4 Å². The highest BCUT2D eigenvalue weighted by atomic mass is 19.1. The van der Waals surface area contributed by atoms with Crippen molar-refractivity contribution < 1.29 is 23.5 Å². The van der Waals surface area contributed by atoms with Crippen LogP contribution in [0.3, 0.4) is 0 Å². The van der Waals surface area contributed by atoms with E-state index in [1.54, 1.807) is 31.5 Å². The van der Waals surface area contributed by atoms with Crippen LogP contribution in [0.2, 0.25) is 0 Å². The molecule has 3 aliphatic rings. The fraction of sp³-hybridized carbons (Fsp3) is 0.417. The van der Waals surface area contributed by atoms with Gasteiger partial charge in [0.05, 0.1) is 17.1 Å². The molecule has 3 aliphatic heterocycles. The van der Waals surface area contributed by atoms with Crippen molar-refractivity contribution in [1.29, 1.82) is 0 Å². The number of anilines is 1. The smallest absolute Gasteiger partial charge is 0.407 e. The third kappa shape index (κ3) is 5.88. The number of hydrogen-bond donors (Lipinski definition) is 2. The van der Waals surface area contributed by atoms with Gasteiger partial charge in [-0.05, 0) is 89.0 Å². The van der Waals surface area contributed by atoms with Crippen LogP contribution < -0.4 is 25.7 Å². The number of carbonyl (C=O) groups is 2. The summed E-state index contributed by atoms with van der Waals surface area (Å²) in [5, 5.41) is 7.77. The molecule has 0 saturated carbocycles. The van der Waals surface area contributed by atoms with Gasteiger partial charge in [-0.15, -0.1) is 0 Å². The molecule has 0 bridgehead atoms. The molecule has 4 heterocycles. The largest absolute Gasteiger partial charge is 0.451 e. The molecule has 47 heavy (non-hydrogen) atoms. The molecule has 7 rings (SSSR count). The van der Waals surface area contributed by atoms with Crippen molar-refractivity contribution in [3.05, 3.63) is 70.3 Å². The van der Waals surface area contributed by atoms with Crippen LogP contribution in [0.15, 0.2) is 53.5 Å². The van der Waals surface area contributed by atoms with E-state index in [1.165, 1.54) is 6.07 Å². The van der Waals surface area contributed by atoms with Crippen LogP contribution >= 0.6 is 0 Å². The number of fused-ring (bicyclic) bond motifs is 3. The second-order valence-corrected chi connectivity index (χ2v) is 13.8. The van der Waals surface area contributed by atoms with E-state index in [9.17, 15) is 14.4 Å². The maximum absolute atomic E-state index is 16.3. The van der Waals surface area contributed by atoms with Crippen molar-refractivity contribution in [3.63, 3.8) is 0 Å². The number of rotatable bonds is 6. The quantitative estimate of drug-likeness (QED) is 0.245. The summed E-state index contributed by atoms with van der Waals surface area (Å²) in [5.41, 5.74) is -0.0191. The van der Waals surface area contributed by atoms with Gasteiger partial charge in [-0.2, -0.15) is 0 Å². The lowest BCUT2D eigenvalue weighted by atomic mass is 10.0. The minimum atomic E-state index is -0.644. The molecule has 2 fully saturated rings. The molecule has 0 spiro atoms. The molecule has 2 saturated heterocycles. The summed E-state index contributed by atoms with van der Waals surface area (Å²) in [6.07, 6.45) is 4.60. The van der Waals surface area contributed by atoms with E-state index in [2.05, 4.69) is 22.6 Å². The zero-order valence-corrected chi connectivity index (χ0v) is 27.2. The Morgan fingerprint density at radius 1 is 1.09 bits per heavy atom. The Bertz CT molecular complexity index is 1970. The van der Waals surface area contributed by atoms with Crippen molar-refractivity contribution >= 4 is 39.4 Å². The van der Waals surface area contributed by atoms with Gasteiger partial charge in [0.1, 0.15) is 22.4 Å². The SMILES string of the molecule is CN1CCCC1CCNC(=O)c1cn2c3c(c(N4CCC(NC(=O)OC(C)(C)C)C4)c(F)cc3c1=O)Oc1cc3ccccc3cc1-2. The van der Waals surface area contributed by atoms with Gasteiger partial charge in [0.2, 0.25) is 5.43 Å². The molecule has 2 N–H and O–H groups in total. The van der Waals surface area contributed by atoms with Crippen molar-refractivity contribution in [2.45, 2.75) is 64.1 Å². The molecule has 10 nitrogen and oxygen atoms in total. The number of pyridine rings is 1. The van der Waals surface area contributed by atoms with Gasteiger partial charge in [-0.3, -0.25) is 9.59 Å². The topological polar surface area (TPSA) is 105 Å². The van der Waals surface area contributed by atoms with Crippen LogP contribution in [-0.4, -0.2) is 72.4 Å². The zero-order chi connectivity index (χ0) is 33.0. The molecular formula is C36H40FN5O5. The Labute approximate surface area is 272 Å². The predicted octanol–water partition coefficient (Wildman–Crippen LogP) is 5.71.